The van der Waals surface area contributed by atoms with Crippen LogP contribution >= 0.6 is 12.4 Å². The molecule has 2 rings (SSSR count). The fourth-order valence-electron chi connectivity index (χ4n) is 2.37. The average molecular weight is 287 g/mol. The van der Waals surface area contributed by atoms with Crippen LogP contribution in [0.25, 0.3) is 0 Å². The number of rotatable bonds is 3. The quantitative estimate of drug-likeness (QED) is 0.924. The summed E-state index contributed by atoms with van der Waals surface area (Å²) in [4.78, 5) is 14.0. The highest BCUT2D eigenvalue weighted by Gasteiger charge is 2.22. The van der Waals surface area contributed by atoms with Gasteiger partial charge < -0.3 is 10.6 Å². The van der Waals surface area contributed by atoms with Crippen molar-refractivity contribution in [2.75, 3.05) is 19.6 Å². The lowest BCUT2D eigenvalue weighted by atomic mass is 9.97. The predicted octanol–water partition coefficient (Wildman–Crippen LogP) is 1.99. The minimum absolute atomic E-state index is 0. The van der Waals surface area contributed by atoms with E-state index in [2.05, 4.69) is 0 Å². The van der Waals surface area contributed by atoms with Gasteiger partial charge in [0.25, 0.3) is 0 Å². The summed E-state index contributed by atoms with van der Waals surface area (Å²) >= 11 is 0. The van der Waals surface area contributed by atoms with E-state index in [4.69, 9.17) is 5.73 Å². The molecular formula is C14H20ClFN2O. The smallest absolute Gasteiger partial charge is 0.226 e. The van der Waals surface area contributed by atoms with Crippen molar-refractivity contribution >= 4 is 18.3 Å². The van der Waals surface area contributed by atoms with E-state index in [1.54, 1.807) is 12.1 Å². The minimum Gasteiger partial charge on any atom is -0.342 e. The molecule has 1 fully saturated rings. The van der Waals surface area contributed by atoms with Crippen LogP contribution in [0.4, 0.5) is 4.39 Å². The second kappa shape index (κ2) is 7.46. The SMILES string of the molecule is Cl.NCC1CCCN(C(=O)Cc2ccc(F)cc2)C1. The van der Waals surface area contributed by atoms with Gasteiger partial charge in [-0.05, 0) is 43.0 Å². The van der Waals surface area contributed by atoms with E-state index in [1.165, 1.54) is 12.1 Å². The summed E-state index contributed by atoms with van der Waals surface area (Å²) in [5, 5.41) is 0. The van der Waals surface area contributed by atoms with Crippen LogP contribution in [0.15, 0.2) is 24.3 Å². The first-order valence-electron chi connectivity index (χ1n) is 6.41. The Balaban J connectivity index is 0.00000180. The molecule has 1 aliphatic rings. The van der Waals surface area contributed by atoms with Crippen molar-refractivity contribution in [3.63, 3.8) is 0 Å². The summed E-state index contributed by atoms with van der Waals surface area (Å²) in [6.07, 6.45) is 2.48. The molecule has 0 aromatic heterocycles. The minimum atomic E-state index is -0.271. The first-order chi connectivity index (χ1) is 8.69. The Morgan fingerprint density at radius 3 is 2.68 bits per heavy atom. The molecule has 2 N–H and O–H groups in total. The lowest BCUT2D eigenvalue weighted by Gasteiger charge is -2.32. The maximum atomic E-state index is 12.8. The Hall–Kier alpha value is -1.13. The molecule has 1 atom stereocenters. The maximum Gasteiger partial charge on any atom is 0.226 e. The lowest BCUT2D eigenvalue weighted by Crippen LogP contribution is -2.42. The Bertz CT molecular complexity index is 410. The van der Waals surface area contributed by atoms with Crippen LogP contribution in [0, 0.1) is 11.7 Å². The van der Waals surface area contributed by atoms with E-state index < -0.39 is 0 Å². The first-order valence-corrected chi connectivity index (χ1v) is 6.41. The molecule has 0 spiro atoms. The molecule has 1 aromatic rings. The number of carbonyl (C=O) groups excluding carboxylic acids is 1. The van der Waals surface area contributed by atoms with Crippen molar-refractivity contribution in [2.24, 2.45) is 11.7 Å². The zero-order valence-electron chi connectivity index (χ0n) is 10.8. The summed E-state index contributed by atoms with van der Waals surface area (Å²) in [6.45, 7) is 2.22. The number of hydrogen-bond acceptors (Lipinski definition) is 2. The van der Waals surface area contributed by atoms with E-state index in [1.807, 2.05) is 4.90 Å². The highest BCUT2D eigenvalue weighted by atomic mass is 35.5. The molecule has 1 saturated heterocycles. The van der Waals surface area contributed by atoms with E-state index in [0.717, 1.165) is 31.5 Å². The molecular weight excluding hydrogens is 267 g/mol. The zero-order chi connectivity index (χ0) is 13.0. The monoisotopic (exact) mass is 286 g/mol. The van der Waals surface area contributed by atoms with Crippen LogP contribution in [-0.2, 0) is 11.2 Å². The third kappa shape index (κ3) is 4.48. The topological polar surface area (TPSA) is 46.3 Å². The first kappa shape index (κ1) is 15.9. The van der Waals surface area contributed by atoms with Gasteiger partial charge in [-0.1, -0.05) is 12.1 Å². The van der Waals surface area contributed by atoms with Gasteiger partial charge in [0.1, 0.15) is 5.82 Å². The summed E-state index contributed by atoms with van der Waals surface area (Å²) in [6, 6.07) is 6.11. The van der Waals surface area contributed by atoms with E-state index in [9.17, 15) is 9.18 Å². The number of halogens is 2. The standard InChI is InChI=1S/C14H19FN2O.ClH/c15-13-5-3-11(4-6-13)8-14(18)17-7-1-2-12(9-16)10-17;/h3-6,12H,1-2,7-10,16H2;1H. The van der Waals surface area contributed by atoms with Crippen molar-refractivity contribution in [1.29, 1.82) is 0 Å². The van der Waals surface area contributed by atoms with Gasteiger partial charge in [0, 0.05) is 13.1 Å². The van der Waals surface area contributed by atoms with Crippen LogP contribution in [0.1, 0.15) is 18.4 Å². The van der Waals surface area contributed by atoms with Gasteiger partial charge >= 0.3 is 0 Å². The number of hydrogen-bond donors (Lipinski definition) is 1. The summed E-state index contributed by atoms with van der Waals surface area (Å²) in [5.74, 6) is 0.267. The molecule has 0 radical (unpaired) electrons. The molecule has 3 nitrogen and oxygen atoms in total. The van der Waals surface area contributed by atoms with Crippen LogP contribution < -0.4 is 5.73 Å². The predicted molar refractivity (Wildman–Crippen MR) is 75.7 cm³/mol. The second-order valence-electron chi connectivity index (χ2n) is 4.89. The molecule has 1 unspecified atom stereocenters. The molecule has 5 heteroatoms. The normalized spacial score (nSPS) is 18.8. The van der Waals surface area contributed by atoms with Crippen molar-refractivity contribution in [2.45, 2.75) is 19.3 Å². The number of nitrogens with two attached hydrogens (primary N) is 1. The van der Waals surface area contributed by atoms with Gasteiger partial charge in [-0.2, -0.15) is 0 Å². The number of piperidine rings is 1. The highest BCUT2D eigenvalue weighted by molar-refractivity contribution is 5.85. The molecule has 0 bridgehead atoms. The number of likely N-dealkylation sites (tertiary alicyclic amines) is 1. The fourth-order valence-corrected chi connectivity index (χ4v) is 2.37. The fraction of sp³-hybridized carbons (Fsp3) is 0.500. The Kier molecular flexibility index (Phi) is 6.25. The summed E-state index contributed by atoms with van der Waals surface area (Å²) < 4.78 is 12.8. The molecule has 1 aliphatic heterocycles. The van der Waals surface area contributed by atoms with E-state index in [0.29, 0.717) is 18.9 Å². The number of nitrogens with zero attached hydrogens (tertiary/aromatic N) is 1. The second-order valence-corrected chi connectivity index (χ2v) is 4.89. The molecule has 1 heterocycles. The molecule has 19 heavy (non-hydrogen) atoms. The Morgan fingerprint density at radius 1 is 1.37 bits per heavy atom. The van der Waals surface area contributed by atoms with Crippen molar-refractivity contribution in [3.8, 4) is 0 Å². The van der Waals surface area contributed by atoms with Crippen LogP contribution in [-0.4, -0.2) is 30.4 Å². The molecule has 106 valence electrons. The average Bonchev–Trinajstić information content (AvgIpc) is 2.41. The van der Waals surface area contributed by atoms with E-state index in [-0.39, 0.29) is 24.1 Å². The van der Waals surface area contributed by atoms with Gasteiger partial charge in [0.05, 0.1) is 6.42 Å². The lowest BCUT2D eigenvalue weighted by molar-refractivity contribution is -0.132. The van der Waals surface area contributed by atoms with Crippen LogP contribution in [0.5, 0.6) is 0 Å². The largest absolute Gasteiger partial charge is 0.342 e. The van der Waals surface area contributed by atoms with Crippen LogP contribution in [0.2, 0.25) is 0 Å². The van der Waals surface area contributed by atoms with E-state index >= 15 is 0 Å². The zero-order valence-corrected chi connectivity index (χ0v) is 11.7. The van der Waals surface area contributed by atoms with Gasteiger partial charge in [-0.25, -0.2) is 4.39 Å². The highest BCUT2D eigenvalue weighted by Crippen LogP contribution is 2.16. The number of carbonyl (C=O) groups is 1. The molecule has 0 saturated carbocycles. The number of benzene rings is 1. The summed E-state index contributed by atoms with van der Waals surface area (Å²) in [7, 11) is 0. The Labute approximate surface area is 119 Å². The Morgan fingerprint density at radius 2 is 2.05 bits per heavy atom. The molecule has 1 aromatic carbocycles. The third-order valence-electron chi connectivity index (χ3n) is 3.47. The molecule has 1 amide bonds. The van der Waals surface area contributed by atoms with Crippen molar-refractivity contribution in [1.82, 2.24) is 4.90 Å². The van der Waals surface area contributed by atoms with Gasteiger partial charge in [0.15, 0.2) is 0 Å². The van der Waals surface area contributed by atoms with Gasteiger partial charge in [-0.15, -0.1) is 12.4 Å². The van der Waals surface area contributed by atoms with Gasteiger partial charge in [0.2, 0.25) is 5.91 Å². The molecule has 0 aliphatic carbocycles. The van der Waals surface area contributed by atoms with Gasteiger partial charge in [-0.3, -0.25) is 4.79 Å². The number of amides is 1. The summed E-state index contributed by atoms with van der Waals surface area (Å²) in [5.41, 5.74) is 6.51. The third-order valence-corrected chi connectivity index (χ3v) is 3.47. The maximum absolute atomic E-state index is 12.8. The van der Waals surface area contributed by atoms with Crippen LogP contribution in [0.3, 0.4) is 0 Å². The van der Waals surface area contributed by atoms with Crippen molar-refractivity contribution in [3.05, 3.63) is 35.6 Å². The van der Waals surface area contributed by atoms with Crippen molar-refractivity contribution < 1.29 is 9.18 Å².